The van der Waals surface area contributed by atoms with Crippen LogP contribution in [0.3, 0.4) is 0 Å². The van der Waals surface area contributed by atoms with Crippen molar-refractivity contribution in [3.05, 3.63) is 46.3 Å². The van der Waals surface area contributed by atoms with Crippen molar-refractivity contribution in [3.63, 3.8) is 0 Å². The molecule has 4 heteroatoms. The normalized spacial score (nSPS) is 12.6. The van der Waals surface area contributed by atoms with Crippen LogP contribution in [0.25, 0.3) is 10.4 Å². The van der Waals surface area contributed by atoms with Crippen molar-refractivity contribution < 1.29 is 4.79 Å². The molecule has 1 unspecified atom stereocenters. The van der Waals surface area contributed by atoms with Crippen LogP contribution in [0.4, 0.5) is 0 Å². The second-order valence-electron chi connectivity index (χ2n) is 5.02. The first-order valence-corrected chi connectivity index (χ1v) is 5.57. The summed E-state index contributed by atoms with van der Waals surface area (Å²) in [7, 11) is 0. The molecule has 0 radical (unpaired) electrons. The summed E-state index contributed by atoms with van der Waals surface area (Å²) in [4.78, 5) is 14.9. The van der Waals surface area contributed by atoms with Gasteiger partial charge in [-0.2, -0.15) is 0 Å². The number of azide groups is 1. The van der Waals surface area contributed by atoms with Gasteiger partial charge < -0.3 is 0 Å². The van der Waals surface area contributed by atoms with Crippen molar-refractivity contribution >= 4 is 5.78 Å². The SMILES string of the molecule is CC(C)(C)C(=O)C(Cc1ccccc1)N=[N+]=[N-]. The van der Waals surface area contributed by atoms with Crippen LogP contribution in [0.5, 0.6) is 0 Å². The molecule has 0 N–H and O–H groups in total. The lowest BCUT2D eigenvalue weighted by atomic mass is 9.84. The molecule has 90 valence electrons. The van der Waals surface area contributed by atoms with Gasteiger partial charge in [0.2, 0.25) is 0 Å². The van der Waals surface area contributed by atoms with E-state index in [0.29, 0.717) is 6.42 Å². The minimum Gasteiger partial charge on any atom is -0.299 e. The van der Waals surface area contributed by atoms with Gasteiger partial charge in [-0.3, -0.25) is 4.79 Å². The third-order valence-electron chi connectivity index (χ3n) is 2.50. The van der Waals surface area contributed by atoms with Gasteiger partial charge in [-0.1, -0.05) is 56.2 Å². The Bertz CT molecular complexity index is 428. The molecule has 0 spiro atoms. The quantitative estimate of drug-likeness (QED) is 0.444. The maximum Gasteiger partial charge on any atom is 0.147 e. The Labute approximate surface area is 101 Å². The molecular formula is C13H17N3O. The topological polar surface area (TPSA) is 65.8 Å². The lowest BCUT2D eigenvalue weighted by Crippen LogP contribution is -2.32. The zero-order chi connectivity index (χ0) is 12.9. The van der Waals surface area contributed by atoms with Gasteiger partial charge in [0.15, 0.2) is 0 Å². The van der Waals surface area contributed by atoms with E-state index in [1.807, 2.05) is 51.1 Å². The number of hydrogen-bond acceptors (Lipinski definition) is 2. The van der Waals surface area contributed by atoms with Crippen LogP contribution >= 0.6 is 0 Å². The molecule has 0 bridgehead atoms. The van der Waals surface area contributed by atoms with E-state index >= 15 is 0 Å². The highest BCUT2D eigenvalue weighted by Crippen LogP contribution is 2.20. The highest BCUT2D eigenvalue weighted by molar-refractivity contribution is 5.89. The van der Waals surface area contributed by atoms with Gasteiger partial charge in [0.25, 0.3) is 0 Å². The van der Waals surface area contributed by atoms with Gasteiger partial charge >= 0.3 is 0 Å². The third kappa shape index (κ3) is 3.93. The minimum atomic E-state index is -0.623. The molecular weight excluding hydrogens is 214 g/mol. The average molecular weight is 231 g/mol. The van der Waals surface area contributed by atoms with E-state index < -0.39 is 11.5 Å². The van der Waals surface area contributed by atoms with E-state index in [0.717, 1.165) is 5.56 Å². The Morgan fingerprint density at radius 1 is 1.35 bits per heavy atom. The van der Waals surface area contributed by atoms with Crippen LogP contribution in [0.2, 0.25) is 0 Å². The van der Waals surface area contributed by atoms with E-state index in [2.05, 4.69) is 10.0 Å². The highest BCUT2D eigenvalue weighted by Gasteiger charge is 2.28. The molecule has 1 atom stereocenters. The molecule has 1 aromatic rings. The molecule has 0 heterocycles. The molecule has 0 aliphatic carbocycles. The van der Waals surface area contributed by atoms with Crippen molar-refractivity contribution in [3.8, 4) is 0 Å². The van der Waals surface area contributed by atoms with Crippen LogP contribution in [0.1, 0.15) is 26.3 Å². The second-order valence-corrected chi connectivity index (χ2v) is 5.02. The third-order valence-corrected chi connectivity index (χ3v) is 2.50. The summed E-state index contributed by atoms with van der Waals surface area (Å²) in [6.07, 6.45) is 0.459. The lowest BCUT2D eigenvalue weighted by molar-refractivity contribution is -0.127. The fourth-order valence-electron chi connectivity index (χ4n) is 1.59. The zero-order valence-electron chi connectivity index (χ0n) is 10.4. The molecule has 0 amide bonds. The largest absolute Gasteiger partial charge is 0.299 e. The van der Waals surface area contributed by atoms with E-state index in [1.165, 1.54) is 0 Å². The number of hydrogen-bond donors (Lipinski definition) is 0. The van der Waals surface area contributed by atoms with Crippen LogP contribution < -0.4 is 0 Å². The first-order chi connectivity index (χ1) is 7.95. The molecule has 4 nitrogen and oxygen atoms in total. The summed E-state index contributed by atoms with van der Waals surface area (Å²) in [5.41, 5.74) is 9.05. The van der Waals surface area contributed by atoms with Gasteiger partial charge in [-0.05, 0) is 17.5 Å². The van der Waals surface area contributed by atoms with E-state index in [4.69, 9.17) is 5.53 Å². The van der Waals surface area contributed by atoms with Gasteiger partial charge in [0.05, 0.1) is 0 Å². The van der Waals surface area contributed by atoms with E-state index in [9.17, 15) is 4.79 Å². The summed E-state index contributed by atoms with van der Waals surface area (Å²) in [5, 5.41) is 3.62. The Kier molecular flexibility index (Phi) is 4.30. The highest BCUT2D eigenvalue weighted by atomic mass is 16.1. The number of carbonyl (C=O) groups is 1. The molecule has 0 aliphatic rings. The smallest absolute Gasteiger partial charge is 0.147 e. The Balaban J connectivity index is 2.88. The molecule has 0 aliphatic heterocycles. The standard InChI is InChI=1S/C13H17N3O/c1-13(2,3)12(17)11(15-16-14)9-10-7-5-4-6-8-10/h4-8,11H,9H2,1-3H3. The number of benzene rings is 1. The van der Waals surface area contributed by atoms with E-state index in [-0.39, 0.29) is 5.78 Å². The summed E-state index contributed by atoms with van der Waals surface area (Å²) >= 11 is 0. The van der Waals surface area contributed by atoms with Crippen molar-refractivity contribution in [1.82, 2.24) is 0 Å². The monoisotopic (exact) mass is 231 g/mol. The lowest BCUT2D eigenvalue weighted by Gasteiger charge is -2.21. The molecule has 0 aromatic heterocycles. The molecule has 17 heavy (non-hydrogen) atoms. The van der Waals surface area contributed by atoms with E-state index in [1.54, 1.807) is 0 Å². The van der Waals surface area contributed by atoms with Crippen molar-refractivity contribution in [1.29, 1.82) is 0 Å². The number of carbonyl (C=O) groups excluding carboxylic acids is 1. The molecule has 1 aromatic carbocycles. The Morgan fingerprint density at radius 2 is 1.94 bits per heavy atom. The average Bonchev–Trinajstić information content (AvgIpc) is 2.28. The van der Waals surface area contributed by atoms with Crippen LogP contribution in [0.15, 0.2) is 35.4 Å². The summed E-state index contributed by atoms with van der Waals surface area (Å²) < 4.78 is 0. The molecule has 0 saturated heterocycles. The number of Topliss-reactive ketones (excluding diaryl/α,β-unsaturated/α-hetero) is 1. The predicted octanol–water partition coefficient (Wildman–Crippen LogP) is 3.52. The van der Waals surface area contributed by atoms with Crippen molar-refractivity contribution in [2.45, 2.75) is 33.2 Å². The zero-order valence-corrected chi connectivity index (χ0v) is 10.4. The van der Waals surface area contributed by atoms with Crippen molar-refractivity contribution in [2.24, 2.45) is 10.5 Å². The number of nitrogens with zero attached hydrogens (tertiary/aromatic N) is 3. The van der Waals surface area contributed by atoms with Crippen LogP contribution in [-0.4, -0.2) is 11.8 Å². The number of ketones is 1. The minimum absolute atomic E-state index is 0.0286. The fourth-order valence-corrected chi connectivity index (χ4v) is 1.59. The van der Waals surface area contributed by atoms with Gasteiger partial charge in [0, 0.05) is 10.3 Å². The van der Waals surface area contributed by atoms with Gasteiger partial charge in [-0.15, -0.1) is 0 Å². The first kappa shape index (κ1) is 13.3. The Morgan fingerprint density at radius 3 is 2.41 bits per heavy atom. The summed E-state index contributed by atoms with van der Waals surface area (Å²) in [6.45, 7) is 5.50. The summed E-state index contributed by atoms with van der Waals surface area (Å²) in [5.74, 6) is -0.0286. The van der Waals surface area contributed by atoms with Crippen LogP contribution in [0, 0.1) is 5.41 Å². The first-order valence-electron chi connectivity index (χ1n) is 5.57. The second kappa shape index (κ2) is 5.51. The predicted molar refractivity (Wildman–Crippen MR) is 67.5 cm³/mol. The van der Waals surface area contributed by atoms with Crippen LogP contribution in [-0.2, 0) is 11.2 Å². The fraction of sp³-hybridized carbons (Fsp3) is 0.462. The summed E-state index contributed by atoms with van der Waals surface area (Å²) in [6, 6.07) is 8.96. The maximum atomic E-state index is 12.1. The number of rotatable bonds is 4. The molecule has 1 rings (SSSR count). The maximum absolute atomic E-state index is 12.1. The van der Waals surface area contributed by atoms with Gasteiger partial charge in [-0.25, -0.2) is 0 Å². The molecule has 0 fully saturated rings. The molecule has 0 saturated carbocycles. The van der Waals surface area contributed by atoms with Gasteiger partial charge in [0.1, 0.15) is 11.8 Å². The Hall–Kier alpha value is -1.80. The van der Waals surface area contributed by atoms with Crippen molar-refractivity contribution in [2.75, 3.05) is 0 Å².